The summed E-state index contributed by atoms with van der Waals surface area (Å²) in [6, 6.07) is 15.9. The van der Waals surface area contributed by atoms with Gasteiger partial charge >= 0.3 is 5.97 Å². The fraction of sp³-hybridized carbons (Fsp3) is 0.167. The number of carboxylic acid groups (broad SMARTS) is 1. The standard InChI is InChI=1S/C24H21FN2O3/c1-15-16(2)27(13-17-6-4-3-5-7-17)22-21(15)26-12-20(24(28)29)23(22)30-14-18-8-10-19(25)11-9-18/h3-12H,13-14H2,1-2H3,(H,28,29). The number of hydrogen-bond donors (Lipinski definition) is 1. The van der Waals surface area contributed by atoms with Crippen molar-refractivity contribution in [2.45, 2.75) is 27.0 Å². The fourth-order valence-electron chi connectivity index (χ4n) is 3.55. The first kappa shape index (κ1) is 19.6. The van der Waals surface area contributed by atoms with Crippen LogP contribution in [0, 0.1) is 19.7 Å². The molecular weight excluding hydrogens is 383 g/mol. The number of pyridine rings is 1. The Morgan fingerprint density at radius 2 is 1.77 bits per heavy atom. The lowest BCUT2D eigenvalue weighted by Gasteiger charge is -2.15. The van der Waals surface area contributed by atoms with E-state index in [2.05, 4.69) is 4.98 Å². The van der Waals surface area contributed by atoms with E-state index in [0.717, 1.165) is 22.4 Å². The molecule has 5 nitrogen and oxygen atoms in total. The van der Waals surface area contributed by atoms with Gasteiger partial charge in [0.2, 0.25) is 0 Å². The first-order chi connectivity index (χ1) is 14.5. The van der Waals surface area contributed by atoms with Crippen LogP contribution in [0.2, 0.25) is 0 Å². The minimum Gasteiger partial charge on any atom is -0.486 e. The zero-order valence-corrected chi connectivity index (χ0v) is 16.7. The number of nitrogens with zero attached hydrogens (tertiary/aromatic N) is 2. The number of aromatic nitrogens is 2. The molecule has 0 aliphatic carbocycles. The van der Waals surface area contributed by atoms with Gasteiger partial charge in [-0.15, -0.1) is 0 Å². The number of carbonyl (C=O) groups is 1. The van der Waals surface area contributed by atoms with E-state index in [1.165, 1.54) is 18.3 Å². The molecule has 2 aromatic carbocycles. The van der Waals surface area contributed by atoms with Crippen LogP contribution in [0.5, 0.6) is 5.75 Å². The predicted octanol–water partition coefficient (Wildman–Crippen LogP) is 5.12. The molecule has 0 aliphatic heterocycles. The first-order valence-electron chi connectivity index (χ1n) is 9.58. The Morgan fingerprint density at radius 1 is 1.07 bits per heavy atom. The molecule has 2 aromatic heterocycles. The van der Waals surface area contributed by atoms with E-state index < -0.39 is 5.97 Å². The lowest BCUT2D eigenvalue weighted by atomic mass is 10.2. The number of rotatable bonds is 6. The van der Waals surface area contributed by atoms with Crippen molar-refractivity contribution in [3.05, 3.63) is 94.6 Å². The second-order valence-electron chi connectivity index (χ2n) is 7.20. The molecule has 0 atom stereocenters. The van der Waals surface area contributed by atoms with Gasteiger partial charge < -0.3 is 14.4 Å². The summed E-state index contributed by atoms with van der Waals surface area (Å²) in [4.78, 5) is 16.3. The van der Waals surface area contributed by atoms with Crippen LogP contribution in [0.15, 0.2) is 60.8 Å². The molecule has 0 spiro atoms. The smallest absolute Gasteiger partial charge is 0.341 e. The van der Waals surface area contributed by atoms with Crippen molar-refractivity contribution >= 4 is 17.0 Å². The highest BCUT2D eigenvalue weighted by molar-refractivity contribution is 5.99. The van der Waals surface area contributed by atoms with Crippen LogP contribution < -0.4 is 4.74 Å². The average Bonchev–Trinajstić information content (AvgIpc) is 2.99. The molecule has 4 rings (SSSR count). The summed E-state index contributed by atoms with van der Waals surface area (Å²) in [6.07, 6.45) is 1.34. The van der Waals surface area contributed by atoms with E-state index in [0.29, 0.717) is 17.6 Å². The maximum Gasteiger partial charge on any atom is 0.341 e. The van der Waals surface area contributed by atoms with Gasteiger partial charge in [0.1, 0.15) is 23.5 Å². The summed E-state index contributed by atoms with van der Waals surface area (Å²) >= 11 is 0. The van der Waals surface area contributed by atoms with Crippen LogP contribution in [-0.4, -0.2) is 20.6 Å². The third-order valence-electron chi connectivity index (χ3n) is 5.29. The van der Waals surface area contributed by atoms with E-state index in [1.54, 1.807) is 12.1 Å². The predicted molar refractivity (Wildman–Crippen MR) is 112 cm³/mol. The minimum atomic E-state index is -1.11. The lowest BCUT2D eigenvalue weighted by molar-refractivity contribution is 0.0691. The van der Waals surface area contributed by atoms with Crippen molar-refractivity contribution in [2.75, 3.05) is 0 Å². The van der Waals surface area contributed by atoms with Crippen molar-refractivity contribution in [2.24, 2.45) is 0 Å². The molecular formula is C24H21FN2O3. The fourth-order valence-corrected chi connectivity index (χ4v) is 3.55. The van der Waals surface area contributed by atoms with Crippen molar-refractivity contribution in [3.63, 3.8) is 0 Å². The van der Waals surface area contributed by atoms with Gasteiger partial charge in [-0.1, -0.05) is 42.5 Å². The van der Waals surface area contributed by atoms with Crippen molar-refractivity contribution in [1.82, 2.24) is 9.55 Å². The van der Waals surface area contributed by atoms with Crippen molar-refractivity contribution < 1.29 is 19.0 Å². The third kappa shape index (κ3) is 3.64. The topological polar surface area (TPSA) is 64.3 Å². The van der Waals surface area contributed by atoms with Crippen LogP contribution >= 0.6 is 0 Å². The Morgan fingerprint density at radius 3 is 2.43 bits per heavy atom. The van der Waals surface area contributed by atoms with Crippen LogP contribution in [-0.2, 0) is 13.2 Å². The molecule has 0 saturated heterocycles. The van der Waals surface area contributed by atoms with E-state index in [9.17, 15) is 14.3 Å². The molecule has 6 heteroatoms. The molecule has 0 aliphatic rings. The average molecular weight is 404 g/mol. The molecule has 0 fully saturated rings. The summed E-state index contributed by atoms with van der Waals surface area (Å²) in [5, 5.41) is 9.74. The van der Waals surface area contributed by atoms with E-state index >= 15 is 0 Å². The van der Waals surface area contributed by atoms with Gasteiger partial charge in [0.15, 0.2) is 5.75 Å². The van der Waals surface area contributed by atoms with Crippen LogP contribution in [0.1, 0.15) is 32.7 Å². The molecule has 4 aromatic rings. The van der Waals surface area contributed by atoms with Gasteiger partial charge in [-0.2, -0.15) is 0 Å². The number of aromatic carboxylic acids is 1. The van der Waals surface area contributed by atoms with Gasteiger partial charge in [-0.3, -0.25) is 4.98 Å². The van der Waals surface area contributed by atoms with Crippen LogP contribution in [0.25, 0.3) is 11.0 Å². The molecule has 0 saturated carbocycles. The van der Waals surface area contributed by atoms with Gasteiger partial charge in [0.25, 0.3) is 0 Å². The highest BCUT2D eigenvalue weighted by Crippen LogP contribution is 2.35. The Labute approximate surface area is 173 Å². The number of ether oxygens (including phenoxy) is 1. The number of fused-ring (bicyclic) bond motifs is 1. The summed E-state index contributed by atoms with van der Waals surface area (Å²) in [5.74, 6) is -1.18. The lowest BCUT2D eigenvalue weighted by Crippen LogP contribution is -2.08. The molecule has 2 heterocycles. The van der Waals surface area contributed by atoms with Crippen LogP contribution in [0.3, 0.4) is 0 Å². The molecule has 0 radical (unpaired) electrons. The zero-order chi connectivity index (χ0) is 21.3. The molecule has 0 unspecified atom stereocenters. The molecule has 152 valence electrons. The SMILES string of the molecule is Cc1c(C)n(Cc2ccccc2)c2c(OCc3ccc(F)cc3)c(C(=O)O)cnc12. The second-order valence-corrected chi connectivity index (χ2v) is 7.20. The van der Waals surface area contributed by atoms with Gasteiger partial charge in [-0.05, 0) is 42.7 Å². The van der Waals surface area contributed by atoms with Gasteiger partial charge in [0.05, 0.1) is 5.52 Å². The maximum atomic E-state index is 13.2. The molecule has 0 amide bonds. The highest BCUT2D eigenvalue weighted by atomic mass is 19.1. The number of carboxylic acids is 1. The highest BCUT2D eigenvalue weighted by Gasteiger charge is 2.23. The molecule has 30 heavy (non-hydrogen) atoms. The largest absolute Gasteiger partial charge is 0.486 e. The maximum absolute atomic E-state index is 13.2. The van der Waals surface area contributed by atoms with Gasteiger partial charge in [0, 0.05) is 18.4 Å². The molecule has 0 bridgehead atoms. The minimum absolute atomic E-state index is 0.00331. The number of halogens is 1. The summed E-state index contributed by atoms with van der Waals surface area (Å²) in [7, 11) is 0. The number of hydrogen-bond acceptors (Lipinski definition) is 3. The van der Waals surface area contributed by atoms with Crippen LogP contribution in [0.4, 0.5) is 4.39 Å². The Kier molecular flexibility index (Phi) is 5.23. The number of benzene rings is 2. The summed E-state index contributed by atoms with van der Waals surface area (Å²) < 4.78 is 21.3. The monoisotopic (exact) mass is 404 g/mol. The Balaban J connectivity index is 1.84. The zero-order valence-electron chi connectivity index (χ0n) is 16.7. The third-order valence-corrected chi connectivity index (χ3v) is 5.29. The Hall–Kier alpha value is -3.67. The summed E-state index contributed by atoms with van der Waals surface area (Å²) in [5.41, 5.74) is 5.16. The van der Waals surface area contributed by atoms with E-state index in [4.69, 9.17) is 4.74 Å². The normalized spacial score (nSPS) is 11.0. The summed E-state index contributed by atoms with van der Waals surface area (Å²) in [6.45, 7) is 4.64. The van der Waals surface area contributed by atoms with Crippen molar-refractivity contribution in [1.29, 1.82) is 0 Å². The van der Waals surface area contributed by atoms with E-state index in [-0.39, 0.29) is 23.7 Å². The quantitative estimate of drug-likeness (QED) is 0.485. The Bertz CT molecular complexity index is 1220. The molecule has 1 N–H and O–H groups in total. The van der Waals surface area contributed by atoms with E-state index in [1.807, 2.05) is 48.7 Å². The van der Waals surface area contributed by atoms with Gasteiger partial charge in [-0.25, -0.2) is 9.18 Å². The first-order valence-corrected chi connectivity index (χ1v) is 9.58. The van der Waals surface area contributed by atoms with Crippen molar-refractivity contribution in [3.8, 4) is 5.75 Å². The number of aryl methyl sites for hydroxylation is 1. The second kappa shape index (κ2) is 7.99.